The van der Waals surface area contributed by atoms with Crippen LogP contribution in [0.5, 0.6) is 5.75 Å². The average Bonchev–Trinajstić information content (AvgIpc) is 2.54. The molecule has 0 radical (unpaired) electrons. The molecule has 15 heavy (non-hydrogen) atoms. The second-order valence-corrected chi connectivity index (χ2v) is 4.76. The minimum Gasteiger partial charge on any atom is -0.508 e. The van der Waals surface area contributed by atoms with E-state index in [9.17, 15) is 9.90 Å². The molecule has 2 rings (SSSR count). The maximum atomic E-state index is 11.4. The molecule has 1 aromatic heterocycles. The van der Waals surface area contributed by atoms with E-state index in [1.165, 1.54) is 18.4 Å². The van der Waals surface area contributed by atoms with Crippen molar-refractivity contribution in [3.05, 3.63) is 27.5 Å². The lowest BCUT2D eigenvalue weighted by molar-refractivity contribution is 0.0605. The number of hydrogen-bond acceptors (Lipinski definition) is 4. The number of fused-ring (bicyclic) bond motifs is 1. The number of carbonyl (C=O) groups is 1. The fraction of sp³-hybridized carbons (Fsp3) is 0.100. The summed E-state index contributed by atoms with van der Waals surface area (Å²) in [6.07, 6.45) is 0. The van der Waals surface area contributed by atoms with Gasteiger partial charge in [-0.2, -0.15) is 0 Å². The van der Waals surface area contributed by atoms with Crippen LogP contribution in [0.15, 0.2) is 22.7 Å². The number of rotatable bonds is 1. The molecule has 1 aromatic carbocycles. The fourth-order valence-electron chi connectivity index (χ4n) is 1.28. The molecule has 0 fully saturated rings. The molecular weight excluding hydrogens is 280 g/mol. The summed E-state index contributed by atoms with van der Waals surface area (Å²) < 4.78 is 6.22. The van der Waals surface area contributed by atoms with Crippen LogP contribution < -0.4 is 0 Å². The molecule has 1 N–H and O–H groups in total. The summed E-state index contributed by atoms with van der Waals surface area (Å²) in [5.41, 5.74) is 0. The number of methoxy groups -OCH3 is 1. The third-order valence-corrected chi connectivity index (χ3v) is 4.20. The summed E-state index contributed by atoms with van der Waals surface area (Å²) in [7, 11) is 1.34. The van der Waals surface area contributed by atoms with Gasteiger partial charge < -0.3 is 9.84 Å². The van der Waals surface area contributed by atoms with Crippen LogP contribution in [0.2, 0.25) is 0 Å². The van der Waals surface area contributed by atoms with Crippen molar-refractivity contribution < 1.29 is 14.6 Å². The number of phenolic OH excluding ortho intramolecular Hbond substituents is 1. The first-order valence-electron chi connectivity index (χ1n) is 4.13. The highest BCUT2D eigenvalue weighted by Crippen LogP contribution is 2.37. The molecule has 0 atom stereocenters. The minimum atomic E-state index is -0.373. The van der Waals surface area contributed by atoms with Gasteiger partial charge in [0.1, 0.15) is 10.6 Å². The number of aromatic hydroxyl groups is 1. The van der Waals surface area contributed by atoms with Crippen molar-refractivity contribution in [2.75, 3.05) is 7.11 Å². The van der Waals surface area contributed by atoms with Gasteiger partial charge in [-0.15, -0.1) is 11.3 Å². The fourth-order valence-corrected chi connectivity index (χ4v) is 3.21. The summed E-state index contributed by atoms with van der Waals surface area (Å²) in [5, 5.41) is 10.2. The summed E-state index contributed by atoms with van der Waals surface area (Å²) >= 11 is 4.64. The van der Waals surface area contributed by atoms with E-state index in [0.29, 0.717) is 9.35 Å². The van der Waals surface area contributed by atoms with Crippen LogP contribution in [0.1, 0.15) is 9.67 Å². The van der Waals surface area contributed by atoms with E-state index < -0.39 is 0 Å². The summed E-state index contributed by atoms with van der Waals surface area (Å²) in [6.45, 7) is 0. The number of benzene rings is 1. The van der Waals surface area contributed by atoms with E-state index >= 15 is 0 Å². The molecule has 5 heteroatoms. The van der Waals surface area contributed by atoms with E-state index in [4.69, 9.17) is 0 Å². The van der Waals surface area contributed by atoms with Gasteiger partial charge in [-0.05, 0) is 34.1 Å². The molecule has 0 aliphatic carbocycles. The van der Waals surface area contributed by atoms with Crippen molar-refractivity contribution >= 4 is 43.3 Å². The molecule has 0 unspecified atom stereocenters. The highest BCUT2D eigenvalue weighted by atomic mass is 79.9. The van der Waals surface area contributed by atoms with Crippen LogP contribution in [0.3, 0.4) is 0 Å². The molecule has 0 amide bonds. The van der Waals surface area contributed by atoms with Crippen molar-refractivity contribution in [1.29, 1.82) is 0 Å². The van der Waals surface area contributed by atoms with E-state index in [0.717, 1.165) is 10.1 Å². The second kappa shape index (κ2) is 3.83. The van der Waals surface area contributed by atoms with Gasteiger partial charge in [0.25, 0.3) is 0 Å². The van der Waals surface area contributed by atoms with Gasteiger partial charge in [0.2, 0.25) is 0 Å². The van der Waals surface area contributed by atoms with Gasteiger partial charge in [0.15, 0.2) is 0 Å². The predicted molar refractivity (Wildman–Crippen MR) is 62.5 cm³/mol. The molecule has 1 heterocycles. The van der Waals surface area contributed by atoms with Crippen molar-refractivity contribution in [3.63, 3.8) is 0 Å². The Morgan fingerprint density at radius 3 is 2.93 bits per heavy atom. The minimum absolute atomic E-state index is 0.188. The predicted octanol–water partition coefficient (Wildman–Crippen LogP) is 3.16. The molecule has 0 aliphatic rings. The number of phenols is 1. The monoisotopic (exact) mass is 286 g/mol. The normalized spacial score (nSPS) is 10.5. The summed E-state index contributed by atoms with van der Waals surface area (Å²) in [5.74, 6) is -0.185. The van der Waals surface area contributed by atoms with Crippen LogP contribution in [-0.4, -0.2) is 18.2 Å². The zero-order valence-electron chi connectivity index (χ0n) is 7.78. The smallest absolute Gasteiger partial charge is 0.349 e. The maximum Gasteiger partial charge on any atom is 0.349 e. The molecule has 0 bridgehead atoms. The molecular formula is C10H7BrO3S. The van der Waals surface area contributed by atoms with Crippen LogP contribution in [-0.2, 0) is 4.74 Å². The lowest BCUT2D eigenvalue weighted by atomic mass is 10.2. The number of hydrogen-bond donors (Lipinski definition) is 1. The van der Waals surface area contributed by atoms with Crippen molar-refractivity contribution in [3.8, 4) is 5.75 Å². The van der Waals surface area contributed by atoms with Crippen molar-refractivity contribution in [1.82, 2.24) is 0 Å². The van der Waals surface area contributed by atoms with Crippen molar-refractivity contribution in [2.45, 2.75) is 0 Å². The maximum absolute atomic E-state index is 11.4. The zero-order chi connectivity index (χ0) is 11.0. The van der Waals surface area contributed by atoms with Gasteiger partial charge in [-0.25, -0.2) is 4.79 Å². The van der Waals surface area contributed by atoms with E-state index in [-0.39, 0.29) is 11.7 Å². The Balaban J connectivity index is 2.69. The van der Waals surface area contributed by atoms with Crippen LogP contribution in [0.4, 0.5) is 0 Å². The third kappa shape index (κ3) is 1.72. The van der Waals surface area contributed by atoms with Crippen LogP contribution in [0.25, 0.3) is 10.1 Å². The molecule has 78 valence electrons. The standard InChI is InChI=1S/C10H7BrO3S/c1-14-10(13)9-8(11)6-3-2-5(12)4-7(6)15-9/h2-4,12H,1H3. The molecule has 0 saturated heterocycles. The Hall–Kier alpha value is -1.07. The Kier molecular flexibility index (Phi) is 2.67. The van der Waals surface area contributed by atoms with Crippen LogP contribution >= 0.6 is 27.3 Å². The average molecular weight is 287 g/mol. The zero-order valence-corrected chi connectivity index (χ0v) is 10.2. The quantitative estimate of drug-likeness (QED) is 0.819. The number of carbonyl (C=O) groups excluding carboxylic acids is 1. The highest BCUT2D eigenvalue weighted by Gasteiger charge is 2.16. The summed E-state index contributed by atoms with van der Waals surface area (Å²) in [4.78, 5) is 11.9. The Morgan fingerprint density at radius 1 is 1.53 bits per heavy atom. The number of esters is 1. The van der Waals surface area contributed by atoms with E-state index in [2.05, 4.69) is 20.7 Å². The number of ether oxygens (including phenoxy) is 1. The van der Waals surface area contributed by atoms with Gasteiger partial charge >= 0.3 is 5.97 Å². The number of halogens is 1. The van der Waals surface area contributed by atoms with Crippen LogP contribution in [0, 0.1) is 0 Å². The summed E-state index contributed by atoms with van der Waals surface area (Å²) in [6, 6.07) is 4.97. The Morgan fingerprint density at radius 2 is 2.27 bits per heavy atom. The largest absolute Gasteiger partial charge is 0.508 e. The van der Waals surface area contributed by atoms with E-state index in [1.807, 2.05) is 0 Å². The number of thiophene rings is 1. The van der Waals surface area contributed by atoms with Gasteiger partial charge in [-0.3, -0.25) is 0 Å². The second-order valence-electron chi connectivity index (χ2n) is 2.92. The van der Waals surface area contributed by atoms with Gasteiger partial charge in [-0.1, -0.05) is 0 Å². The SMILES string of the molecule is COC(=O)c1sc2cc(O)ccc2c1Br. The highest BCUT2D eigenvalue weighted by molar-refractivity contribution is 9.10. The molecule has 0 aliphatic heterocycles. The molecule has 0 spiro atoms. The first-order chi connectivity index (χ1) is 7.13. The Labute approximate surface area is 98.4 Å². The van der Waals surface area contributed by atoms with Crippen molar-refractivity contribution in [2.24, 2.45) is 0 Å². The lowest BCUT2D eigenvalue weighted by Crippen LogP contribution is -1.98. The first-order valence-corrected chi connectivity index (χ1v) is 5.73. The molecule has 2 aromatic rings. The van der Waals surface area contributed by atoms with Gasteiger partial charge in [0.05, 0.1) is 11.6 Å². The Bertz CT molecular complexity index is 533. The lowest BCUT2D eigenvalue weighted by Gasteiger charge is -1.94. The molecule has 3 nitrogen and oxygen atoms in total. The third-order valence-electron chi connectivity index (χ3n) is 1.98. The molecule has 0 saturated carbocycles. The first kappa shape index (κ1) is 10.4. The van der Waals surface area contributed by atoms with Gasteiger partial charge in [0, 0.05) is 10.1 Å². The van der Waals surface area contributed by atoms with E-state index in [1.54, 1.807) is 18.2 Å². The topological polar surface area (TPSA) is 46.5 Å².